The lowest BCUT2D eigenvalue weighted by Crippen LogP contribution is -2.46. The Bertz CT molecular complexity index is 885. The summed E-state index contributed by atoms with van der Waals surface area (Å²) in [5.74, 6) is -0.280. The monoisotopic (exact) mass is 439 g/mol. The van der Waals surface area contributed by atoms with Gasteiger partial charge in [-0.05, 0) is 47.6 Å². The number of benzene rings is 2. The van der Waals surface area contributed by atoms with Crippen LogP contribution in [-0.2, 0) is 6.54 Å². The van der Waals surface area contributed by atoms with Gasteiger partial charge in [0.05, 0.1) is 21.9 Å². The van der Waals surface area contributed by atoms with Crippen molar-refractivity contribution in [1.29, 1.82) is 0 Å². The number of hydrogen-bond acceptors (Lipinski definition) is 4. The second-order valence-corrected chi connectivity index (χ2v) is 7.71. The van der Waals surface area contributed by atoms with Crippen LogP contribution in [0.4, 0.5) is 10.1 Å². The molecule has 0 unspecified atom stereocenters. The van der Waals surface area contributed by atoms with Crippen LogP contribution in [0, 0.1) is 5.82 Å². The first-order valence-corrected chi connectivity index (χ1v) is 9.88. The predicted octanol–water partition coefficient (Wildman–Crippen LogP) is 3.62. The second-order valence-electron chi connectivity index (χ2n) is 6.46. The third-order valence-electron chi connectivity index (χ3n) is 4.46. The number of nitrogens with two attached hydrogens (primary N) is 1. The lowest BCUT2D eigenvalue weighted by Gasteiger charge is -2.36. The van der Waals surface area contributed by atoms with Crippen LogP contribution in [-0.4, -0.2) is 42.4 Å². The van der Waals surface area contributed by atoms with Crippen LogP contribution in [0.5, 0.6) is 0 Å². The number of halogens is 3. The van der Waals surface area contributed by atoms with Gasteiger partial charge in [0.25, 0.3) is 0 Å². The second kappa shape index (κ2) is 9.52. The average molecular weight is 440 g/mol. The van der Waals surface area contributed by atoms with Crippen molar-refractivity contribution in [1.82, 2.24) is 10.3 Å². The average Bonchev–Trinajstić information content (AvgIpc) is 2.65. The Hall–Kier alpha value is -1.93. The van der Waals surface area contributed by atoms with E-state index in [2.05, 4.69) is 32.5 Å². The van der Waals surface area contributed by atoms with E-state index in [4.69, 9.17) is 28.9 Å². The van der Waals surface area contributed by atoms with Crippen molar-refractivity contribution in [2.24, 2.45) is 10.8 Å². The number of hydrogen-bond donors (Lipinski definition) is 2. The van der Waals surface area contributed by atoms with Gasteiger partial charge < -0.3 is 10.6 Å². The van der Waals surface area contributed by atoms with Gasteiger partial charge in [0.1, 0.15) is 5.82 Å². The van der Waals surface area contributed by atoms with E-state index in [1.165, 1.54) is 12.3 Å². The SMILES string of the molecule is NC(=S)N/N=C/c1ccc(N2CCN(Cc3ccc(Cl)c(Cl)c3)CC2)c(F)c1. The van der Waals surface area contributed by atoms with Gasteiger partial charge in [-0.1, -0.05) is 35.3 Å². The first-order valence-electron chi connectivity index (χ1n) is 8.71. The van der Waals surface area contributed by atoms with Gasteiger partial charge in [0.2, 0.25) is 0 Å². The van der Waals surface area contributed by atoms with Gasteiger partial charge in [0.15, 0.2) is 5.11 Å². The Morgan fingerprint density at radius 3 is 2.54 bits per heavy atom. The molecule has 0 bridgehead atoms. The zero-order valence-corrected chi connectivity index (χ0v) is 17.4. The number of thiocarbonyl (C=S) groups is 1. The summed E-state index contributed by atoms with van der Waals surface area (Å²) >= 11 is 16.7. The van der Waals surface area contributed by atoms with E-state index in [-0.39, 0.29) is 10.9 Å². The third kappa shape index (κ3) is 5.54. The summed E-state index contributed by atoms with van der Waals surface area (Å²) in [7, 11) is 0. The summed E-state index contributed by atoms with van der Waals surface area (Å²) in [5.41, 5.74) is 10.1. The Kier molecular flexibility index (Phi) is 7.07. The van der Waals surface area contributed by atoms with Crippen LogP contribution in [0.15, 0.2) is 41.5 Å². The van der Waals surface area contributed by atoms with Crippen molar-refractivity contribution in [2.45, 2.75) is 6.54 Å². The highest BCUT2D eigenvalue weighted by atomic mass is 35.5. The minimum absolute atomic E-state index is 0.0621. The molecule has 0 aliphatic carbocycles. The summed E-state index contributed by atoms with van der Waals surface area (Å²) in [6.07, 6.45) is 1.47. The molecule has 3 rings (SSSR count). The van der Waals surface area contributed by atoms with E-state index >= 15 is 0 Å². The molecule has 5 nitrogen and oxygen atoms in total. The quantitative estimate of drug-likeness (QED) is 0.423. The Morgan fingerprint density at radius 2 is 1.89 bits per heavy atom. The maximum atomic E-state index is 14.5. The van der Waals surface area contributed by atoms with E-state index in [0.717, 1.165) is 38.3 Å². The number of anilines is 1. The molecule has 1 aliphatic heterocycles. The molecule has 9 heteroatoms. The van der Waals surface area contributed by atoms with Crippen molar-refractivity contribution < 1.29 is 4.39 Å². The Labute approximate surface area is 178 Å². The molecule has 0 radical (unpaired) electrons. The maximum Gasteiger partial charge on any atom is 0.184 e. The van der Waals surface area contributed by atoms with Gasteiger partial charge in [0, 0.05) is 32.7 Å². The summed E-state index contributed by atoms with van der Waals surface area (Å²) < 4.78 is 14.5. The molecule has 0 spiro atoms. The van der Waals surface area contributed by atoms with Gasteiger partial charge in [-0.15, -0.1) is 0 Å². The van der Waals surface area contributed by atoms with Gasteiger partial charge in [-0.3, -0.25) is 10.3 Å². The Morgan fingerprint density at radius 1 is 1.14 bits per heavy atom. The normalized spacial score (nSPS) is 15.2. The number of piperazine rings is 1. The fraction of sp³-hybridized carbons (Fsp3) is 0.263. The van der Waals surface area contributed by atoms with Crippen molar-refractivity contribution in [3.63, 3.8) is 0 Å². The molecule has 1 aliphatic rings. The van der Waals surface area contributed by atoms with Gasteiger partial charge >= 0.3 is 0 Å². The first-order chi connectivity index (χ1) is 13.4. The molecule has 1 heterocycles. The third-order valence-corrected chi connectivity index (χ3v) is 5.29. The summed E-state index contributed by atoms with van der Waals surface area (Å²) in [6.45, 7) is 3.95. The van der Waals surface area contributed by atoms with Crippen LogP contribution in [0.25, 0.3) is 0 Å². The smallest absolute Gasteiger partial charge is 0.184 e. The number of nitrogens with one attached hydrogen (secondary N) is 1. The molecule has 2 aromatic rings. The summed E-state index contributed by atoms with van der Waals surface area (Å²) in [4.78, 5) is 4.37. The largest absolute Gasteiger partial charge is 0.375 e. The summed E-state index contributed by atoms with van der Waals surface area (Å²) in [6, 6.07) is 10.7. The molecular weight excluding hydrogens is 420 g/mol. The topological polar surface area (TPSA) is 56.9 Å². The van der Waals surface area contributed by atoms with Crippen LogP contribution in [0.2, 0.25) is 10.0 Å². The standard InChI is InChI=1S/C19H20Cl2FN5S/c20-15-3-1-14(9-16(15)21)12-26-5-7-27(8-6-26)18-4-2-13(10-17(18)22)11-24-25-19(23)28/h1-4,9-11H,5-8,12H2,(H3,23,25,28)/b24-11+. The number of hydrazone groups is 1. The fourth-order valence-corrected chi connectivity index (χ4v) is 3.45. The zero-order chi connectivity index (χ0) is 20.1. The number of rotatable bonds is 5. The highest BCUT2D eigenvalue weighted by Gasteiger charge is 2.20. The molecule has 1 saturated heterocycles. The highest BCUT2D eigenvalue weighted by Crippen LogP contribution is 2.25. The number of nitrogens with zero attached hydrogens (tertiary/aromatic N) is 3. The van der Waals surface area contributed by atoms with Crippen molar-refractivity contribution in [2.75, 3.05) is 31.1 Å². The lowest BCUT2D eigenvalue weighted by molar-refractivity contribution is 0.249. The predicted molar refractivity (Wildman–Crippen MR) is 118 cm³/mol. The molecule has 0 amide bonds. The Balaban J connectivity index is 1.57. The van der Waals surface area contributed by atoms with Crippen LogP contribution >= 0.6 is 35.4 Å². The summed E-state index contributed by atoms with van der Waals surface area (Å²) in [5, 5.41) is 5.02. The van der Waals surface area contributed by atoms with Gasteiger partial charge in [-0.25, -0.2) is 4.39 Å². The minimum Gasteiger partial charge on any atom is -0.375 e. The van der Waals surface area contributed by atoms with Crippen LogP contribution in [0.3, 0.4) is 0 Å². The fourth-order valence-electron chi connectivity index (χ4n) is 3.07. The molecule has 0 saturated carbocycles. The molecule has 0 atom stereocenters. The molecule has 148 valence electrons. The molecule has 0 aromatic heterocycles. The van der Waals surface area contributed by atoms with Crippen LogP contribution < -0.4 is 16.1 Å². The van der Waals surface area contributed by atoms with Crippen molar-refractivity contribution in [3.8, 4) is 0 Å². The lowest BCUT2D eigenvalue weighted by atomic mass is 10.1. The maximum absolute atomic E-state index is 14.5. The molecular formula is C19H20Cl2FN5S. The van der Waals surface area contributed by atoms with Crippen LogP contribution in [0.1, 0.15) is 11.1 Å². The van der Waals surface area contributed by atoms with Crippen molar-refractivity contribution in [3.05, 3.63) is 63.4 Å². The van der Waals surface area contributed by atoms with E-state index in [1.54, 1.807) is 6.07 Å². The zero-order valence-electron chi connectivity index (χ0n) is 15.0. The molecule has 3 N–H and O–H groups in total. The van der Waals surface area contributed by atoms with E-state index in [9.17, 15) is 4.39 Å². The van der Waals surface area contributed by atoms with E-state index in [0.29, 0.717) is 21.3 Å². The van der Waals surface area contributed by atoms with Crippen molar-refractivity contribution >= 4 is 52.4 Å². The van der Waals surface area contributed by atoms with E-state index in [1.807, 2.05) is 24.3 Å². The van der Waals surface area contributed by atoms with Gasteiger partial charge in [-0.2, -0.15) is 5.10 Å². The molecule has 28 heavy (non-hydrogen) atoms. The molecule has 1 fully saturated rings. The highest BCUT2D eigenvalue weighted by molar-refractivity contribution is 7.80. The van der Waals surface area contributed by atoms with E-state index < -0.39 is 0 Å². The minimum atomic E-state index is -0.280. The molecule has 2 aromatic carbocycles. The first kappa shape index (κ1) is 20.8.